The summed E-state index contributed by atoms with van der Waals surface area (Å²) in [5.41, 5.74) is 0.613. The van der Waals surface area contributed by atoms with Crippen molar-refractivity contribution < 1.29 is 32.3 Å². The number of alkyl halides is 3. The molecule has 2 fully saturated rings. The summed E-state index contributed by atoms with van der Waals surface area (Å²) in [6.45, 7) is 1.95. The van der Waals surface area contributed by atoms with Crippen LogP contribution in [0.1, 0.15) is 11.1 Å². The minimum Gasteiger partial charge on any atom is -0.378 e. The zero-order valence-electron chi connectivity index (χ0n) is 17.8. The minimum atomic E-state index is -4.53. The Morgan fingerprint density at radius 2 is 1.82 bits per heavy atom. The van der Waals surface area contributed by atoms with E-state index in [1.165, 1.54) is 18.2 Å². The molecule has 2 aromatic carbocycles. The Balaban J connectivity index is 1.45. The van der Waals surface area contributed by atoms with Crippen LogP contribution < -0.4 is 10.2 Å². The van der Waals surface area contributed by atoms with Crippen molar-refractivity contribution in [3.05, 3.63) is 64.6 Å². The normalized spacial score (nSPS) is 18.0. The van der Waals surface area contributed by atoms with E-state index >= 15 is 0 Å². The van der Waals surface area contributed by atoms with Crippen LogP contribution in [0, 0.1) is 0 Å². The highest BCUT2D eigenvalue weighted by Crippen LogP contribution is 2.34. The van der Waals surface area contributed by atoms with Crippen LogP contribution in [0.5, 0.6) is 0 Å². The van der Waals surface area contributed by atoms with Crippen molar-refractivity contribution >= 4 is 46.3 Å². The molecular formula is C23H20F3N3O4S. The second kappa shape index (κ2) is 9.90. The summed E-state index contributed by atoms with van der Waals surface area (Å²) in [5, 5.41) is 2.08. The van der Waals surface area contributed by atoms with Gasteiger partial charge < -0.3 is 15.0 Å². The molecule has 2 saturated heterocycles. The fourth-order valence-electron chi connectivity index (χ4n) is 3.59. The van der Waals surface area contributed by atoms with Gasteiger partial charge >= 0.3 is 6.18 Å². The van der Waals surface area contributed by atoms with Gasteiger partial charge in [0.25, 0.3) is 11.1 Å². The van der Waals surface area contributed by atoms with E-state index in [9.17, 15) is 27.6 Å². The lowest BCUT2D eigenvalue weighted by atomic mass is 10.1. The molecule has 1 N–H and O–H groups in total. The molecular weight excluding hydrogens is 471 g/mol. The van der Waals surface area contributed by atoms with Gasteiger partial charge in [0.15, 0.2) is 0 Å². The molecule has 2 aliphatic heterocycles. The molecule has 2 aliphatic rings. The first kappa shape index (κ1) is 23.8. The Morgan fingerprint density at radius 1 is 1.09 bits per heavy atom. The van der Waals surface area contributed by atoms with E-state index in [0.29, 0.717) is 43.8 Å². The largest absolute Gasteiger partial charge is 0.416 e. The average molecular weight is 491 g/mol. The van der Waals surface area contributed by atoms with Crippen LogP contribution in [-0.4, -0.2) is 54.8 Å². The topological polar surface area (TPSA) is 79.0 Å². The Bertz CT molecular complexity index is 1150. The highest BCUT2D eigenvalue weighted by atomic mass is 32.2. The summed E-state index contributed by atoms with van der Waals surface area (Å²) in [6.07, 6.45) is -3.31. The van der Waals surface area contributed by atoms with E-state index in [1.807, 2.05) is 12.1 Å². The maximum absolute atomic E-state index is 12.9. The van der Waals surface area contributed by atoms with Gasteiger partial charge in [-0.2, -0.15) is 13.2 Å². The van der Waals surface area contributed by atoms with E-state index in [4.69, 9.17) is 4.74 Å². The van der Waals surface area contributed by atoms with Crippen LogP contribution in [-0.2, 0) is 20.5 Å². The van der Waals surface area contributed by atoms with Crippen molar-refractivity contribution in [3.8, 4) is 0 Å². The second-order valence-corrected chi connectivity index (χ2v) is 8.55. The Kier molecular flexibility index (Phi) is 6.94. The van der Waals surface area contributed by atoms with Crippen molar-refractivity contribution in [2.75, 3.05) is 43.1 Å². The third-order valence-electron chi connectivity index (χ3n) is 5.22. The fraction of sp³-hybridized carbons (Fsp3) is 0.261. The van der Waals surface area contributed by atoms with Crippen LogP contribution in [0.15, 0.2) is 53.4 Å². The van der Waals surface area contributed by atoms with Crippen molar-refractivity contribution in [1.82, 2.24) is 4.90 Å². The SMILES string of the molecule is O=C(CN1C(=O)S/C(=C/c2cccc(C(F)(F)F)c2)C1=O)Nc1ccccc1N1CCOCC1. The number of hydrogen-bond acceptors (Lipinski definition) is 6. The van der Waals surface area contributed by atoms with Crippen LogP contribution >= 0.6 is 11.8 Å². The number of anilines is 2. The third kappa shape index (κ3) is 5.42. The Hall–Kier alpha value is -3.31. The van der Waals surface area contributed by atoms with E-state index in [0.717, 1.165) is 22.7 Å². The number of nitrogens with zero attached hydrogens (tertiary/aromatic N) is 2. The molecule has 0 bridgehead atoms. The van der Waals surface area contributed by atoms with Crippen molar-refractivity contribution in [1.29, 1.82) is 0 Å². The first-order valence-corrected chi connectivity index (χ1v) is 11.2. The van der Waals surface area contributed by atoms with Gasteiger partial charge in [-0.15, -0.1) is 0 Å². The Morgan fingerprint density at radius 3 is 2.56 bits per heavy atom. The Labute approximate surface area is 197 Å². The number of rotatable bonds is 5. The maximum atomic E-state index is 12.9. The van der Waals surface area contributed by atoms with Crippen LogP contribution in [0.25, 0.3) is 6.08 Å². The van der Waals surface area contributed by atoms with Gasteiger partial charge in [0.1, 0.15) is 6.54 Å². The molecule has 2 heterocycles. The minimum absolute atomic E-state index is 0.0501. The quantitative estimate of drug-likeness (QED) is 0.632. The summed E-state index contributed by atoms with van der Waals surface area (Å²) >= 11 is 0.579. The maximum Gasteiger partial charge on any atom is 0.416 e. The summed E-state index contributed by atoms with van der Waals surface area (Å²) < 4.78 is 44.2. The van der Waals surface area contributed by atoms with Gasteiger partial charge in [-0.3, -0.25) is 19.3 Å². The van der Waals surface area contributed by atoms with Crippen LogP contribution in [0.4, 0.5) is 29.3 Å². The second-order valence-electron chi connectivity index (χ2n) is 7.56. The molecule has 0 atom stereocenters. The fourth-order valence-corrected chi connectivity index (χ4v) is 4.42. The number of nitrogens with one attached hydrogen (secondary N) is 1. The first-order valence-electron chi connectivity index (χ1n) is 10.4. The number of morpholine rings is 1. The zero-order chi connectivity index (χ0) is 24.3. The van der Waals surface area contributed by atoms with Gasteiger partial charge in [-0.1, -0.05) is 24.3 Å². The number of amides is 3. The molecule has 0 aromatic heterocycles. The van der Waals surface area contributed by atoms with E-state index in [1.54, 1.807) is 12.1 Å². The molecule has 178 valence electrons. The molecule has 0 saturated carbocycles. The third-order valence-corrected chi connectivity index (χ3v) is 6.12. The molecule has 34 heavy (non-hydrogen) atoms. The zero-order valence-corrected chi connectivity index (χ0v) is 18.6. The van der Waals surface area contributed by atoms with E-state index in [-0.39, 0.29) is 10.5 Å². The lowest BCUT2D eigenvalue weighted by molar-refractivity contribution is -0.137. The van der Waals surface area contributed by atoms with Gasteiger partial charge in [-0.05, 0) is 47.7 Å². The monoisotopic (exact) mass is 491 g/mol. The van der Waals surface area contributed by atoms with Crippen molar-refractivity contribution in [2.45, 2.75) is 6.18 Å². The molecule has 7 nitrogen and oxygen atoms in total. The summed E-state index contributed by atoms with van der Waals surface area (Å²) in [5.74, 6) is -1.30. The number of benzene rings is 2. The highest BCUT2D eigenvalue weighted by molar-refractivity contribution is 8.18. The highest BCUT2D eigenvalue weighted by Gasteiger charge is 2.37. The van der Waals surface area contributed by atoms with Gasteiger partial charge in [0.05, 0.1) is 35.1 Å². The van der Waals surface area contributed by atoms with E-state index < -0.39 is 35.3 Å². The molecule has 0 aliphatic carbocycles. The van der Waals surface area contributed by atoms with Crippen LogP contribution in [0.2, 0.25) is 0 Å². The van der Waals surface area contributed by atoms with Gasteiger partial charge in [-0.25, -0.2) is 0 Å². The number of imide groups is 1. The molecule has 0 spiro atoms. The molecule has 2 aromatic rings. The summed E-state index contributed by atoms with van der Waals surface area (Å²) in [7, 11) is 0. The number of thioether (sulfide) groups is 1. The van der Waals surface area contributed by atoms with Gasteiger partial charge in [0, 0.05) is 13.1 Å². The van der Waals surface area contributed by atoms with Crippen molar-refractivity contribution in [3.63, 3.8) is 0 Å². The number of halogens is 3. The first-order chi connectivity index (χ1) is 16.2. The van der Waals surface area contributed by atoms with Gasteiger partial charge in [0.2, 0.25) is 5.91 Å². The average Bonchev–Trinajstić information content (AvgIpc) is 3.07. The smallest absolute Gasteiger partial charge is 0.378 e. The summed E-state index contributed by atoms with van der Waals surface area (Å²) in [4.78, 5) is 40.5. The number of ether oxygens (including phenoxy) is 1. The molecule has 3 amide bonds. The van der Waals surface area contributed by atoms with Crippen LogP contribution in [0.3, 0.4) is 0 Å². The standard InChI is InChI=1S/C23H20F3N3O4S/c24-23(25,26)16-5-3-4-15(12-16)13-19-21(31)29(22(32)34-19)14-20(30)27-17-6-1-2-7-18(17)28-8-10-33-11-9-28/h1-7,12-13H,8-11,14H2,(H,27,30)/b19-13+. The predicted molar refractivity (Wildman–Crippen MR) is 122 cm³/mol. The summed E-state index contributed by atoms with van der Waals surface area (Å²) in [6, 6.07) is 11.6. The number of para-hydroxylation sites is 2. The molecule has 11 heteroatoms. The number of carbonyl (C=O) groups excluding carboxylic acids is 3. The predicted octanol–water partition coefficient (Wildman–Crippen LogP) is 4.22. The van der Waals surface area contributed by atoms with E-state index in [2.05, 4.69) is 10.2 Å². The molecule has 4 rings (SSSR count). The lowest BCUT2D eigenvalue weighted by Gasteiger charge is -2.30. The number of carbonyl (C=O) groups is 3. The molecule has 0 unspecified atom stereocenters. The lowest BCUT2D eigenvalue weighted by Crippen LogP contribution is -2.38. The number of hydrogen-bond donors (Lipinski definition) is 1. The van der Waals surface area contributed by atoms with Crippen molar-refractivity contribution in [2.24, 2.45) is 0 Å². The molecule has 0 radical (unpaired) electrons.